The second-order valence-electron chi connectivity index (χ2n) is 6.66. The number of hydrogen-bond donors (Lipinski definition) is 0. The maximum atomic E-state index is 12.7. The molecule has 0 saturated carbocycles. The second kappa shape index (κ2) is 8.19. The van der Waals surface area contributed by atoms with Crippen LogP contribution in [0, 0.1) is 6.92 Å². The van der Waals surface area contributed by atoms with E-state index in [0.29, 0.717) is 13.0 Å². The quantitative estimate of drug-likeness (QED) is 0.777. The molecule has 5 heteroatoms. The Morgan fingerprint density at radius 3 is 2.96 bits per heavy atom. The number of carbonyl (C=O) groups excluding carboxylic acids is 1. The first kappa shape index (κ1) is 17.5. The predicted molar refractivity (Wildman–Crippen MR) is 97.6 cm³/mol. The van der Waals surface area contributed by atoms with Crippen molar-refractivity contribution in [3.05, 3.63) is 47.8 Å². The Labute approximate surface area is 149 Å². The third-order valence-electron chi connectivity index (χ3n) is 4.74. The van der Waals surface area contributed by atoms with Crippen molar-refractivity contribution in [1.29, 1.82) is 0 Å². The van der Waals surface area contributed by atoms with Crippen LogP contribution in [-0.4, -0.2) is 39.8 Å². The van der Waals surface area contributed by atoms with Crippen molar-refractivity contribution < 1.29 is 9.53 Å². The molecule has 0 N–H and O–H groups in total. The average molecular weight is 341 g/mol. The van der Waals surface area contributed by atoms with Crippen molar-refractivity contribution >= 4 is 5.91 Å². The summed E-state index contributed by atoms with van der Waals surface area (Å²) >= 11 is 0. The molecular formula is C20H27N3O2. The third kappa shape index (κ3) is 4.41. The van der Waals surface area contributed by atoms with Gasteiger partial charge in [-0.15, -0.1) is 0 Å². The lowest BCUT2D eigenvalue weighted by Crippen LogP contribution is -2.38. The van der Waals surface area contributed by atoms with E-state index in [1.807, 2.05) is 60.1 Å². The molecule has 1 unspecified atom stereocenters. The standard InChI is InChI=1S/C20H27N3O2/c1-3-25-19-9-5-4-7-17(19)10-11-20(24)23-12-6-8-18(23)15-22-14-16(2)13-21-22/h4-5,7,9,13-14,18H,3,6,8,10-12,15H2,1-2H3. The molecule has 1 aromatic carbocycles. The summed E-state index contributed by atoms with van der Waals surface area (Å²) in [6.07, 6.45) is 7.29. The first-order chi connectivity index (χ1) is 12.2. The van der Waals surface area contributed by atoms with E-state index in [4.69, 9.17) is 4.74 Å². The van der Waals surface area contributed by atoms with Gasteiger partial charge in [0.2, 0.25) is 5.91 Å². The molecule has 2 aromatic rings. The van der Waals surface area contributed by atoms with Gasteiger partial charge >= 0.3 is 0 Å². The van der Waals surface area contributed by atoms with Crippen molar-refractivity contribution in [1.82, 2.24) is 14.7 Å². The molecule has 1 saturated heterocycles. The normalized spacial score (nSPS) is 17.0. The molecule has 0 radical (unpaired) electrons. The average Bonchev–Trinajstić information content (AvgIpc) is 3.23. The van der Waals surface area contributed by atoms with Crippen LogP contribution >= 0.6 is 0 Å². The molecular weight excluding hydrogens is 314 g/mol. The number of para-hydroxylation sites is 1. The Morgan fingerprint density at radius 1 is 1.36 bits per heavy atom. The molecule has 3 rings (SSSR count). The maximum absolute atomic E-state index is 12.7. The topological polar surface area (TPSA) is 47.4 Å². The summed E-state index contributed by atoms with van der Waals surface area (Å²) in [6.45, 7) is 6.30. The molecule has 134 valence electrons. The van der Waals surface area contributed by atoms with Gasteiger partial charge in [-0.05, 0) is 50.3 Å². The highest BCUT2D eigenvalue weighted by Crippen LogP contribution is 2.23. The van der Waals surface area contributed by atoms with Gasteiger partial charge in [-0.2, -0.15) is 5.10 Å². The smallest absolute Gasteiger partial charge is 0.223 e. The van der Waals surface area contributed by atoms with Gasteiger partial charge in [0, 0.05) is 19.2 Å². The van der Waals surface area contributed by atoms with Crippen molar-refractivity contribution in [2.24, 2.45) is 0 Å². The van der Waals surface area contributed by atoms with Crippen LogP contribution in [0.25, 0.3) is 0 Å². The number of likely N-dealkylation sites (tertiary alicyclic amines) is 1. The molecule has 5 nitrogen and oxygen atoms in total. The fourth-order valence-corrected chi connectivity index (χ4v) is 3.53. The summed E-state index contributed by atoms with van der Waals surface area (Å²) < 4.78 is 7.62. The zero-order chi connectivity index (χ0) is 17.6. The van der Waals surface area contributed by atoms with Gasteiger partial charge in [-0.3, -0.25) is 9.48 Å². The van der Waals surface area contributed by atoms with Crippen molar-refractivity contribution in [3.63, 3.8) is 0 Å². The number of ether oxygens (including phenoxy) is 1. The van der Waals surface area contributed by atoms with E-state index in [0.717, 1.165) is 49.2 Å². The van der Waals surface area contributed by atoms with Gasteiger partial charge in [0.05, 0.1) is 25.4 Å². The molecule has 1 fully saturated rings. The number of benzene rings is 1. The van der Waals surface area contributed by atoms with Gasteiger partial charge in [0.25, 0.3) is 0 Å². The zero-order valence-corrected chi connectivity index (χ0v) is 15.1. The van der Waals surface area contributed by atoms with Gasteiger partial charge in [-0.1, -0.05) is 18.2 Å². The molecule has 1 aliphatic heterocycles. The van der Waals surface area contributed by atoms with Crippen LogP contribution in [0.4, 0.5) is 0 Å². The highest BCUT2D eigenvalue weighted by atomic mass is 16.5. The lowest BCUT2D eigenvalue weighted by atomic mass is 10.1. The largest absolute Gasteiger partial charge is 0.494 e. The van der Waals surface area contributed by atoms with Gasteiger partial charge < -0.3 is 9.64 Å². The van der Waals surface area contributed by atoms with Crippen LogP contribution in [-0.2, 0) is 17.8 Å². The number of carbonyl (C=O) groups is 1. The van der Waals surface area contributed by atoms with E-state index in [9.17, 15) is 4.79 Å². The minimum atomic E-state index is 0.234. The maximum Gasteiger partial charge on any atom is 0.223 e. The molecule has 1 atom stereocenters. The molecule has 25 heavy (non-hydrogen) atoms. The molecule has 2 heterocycles. The summed E-state index contributed by atoms with van der Waals surface area (Å²) in [5.41, 5.74) is 2.26. The van der Waals surface area contributed by atoms with Crippen molar-refractivity contribution in [2.75, 3.05) is 13.2 Å². The van der Waals surface area contributed by atoms with E-state index in [2.05, 4.69) is 5.10 Å². The van der Waals surface area contributed by atoms with E-state index in [1.54, 1.807) is 0 Å². The monoisotopic (exact) mass is 341 g/mol. The summed E-state index contributed by atoms with van der Waals surface area (Å²) in [5.74, 6) is 1.13. The van der Waals surface area contributed by atoms with Gasteiger partial charge in [0.1, 0.15) is 5.75 Å². The van der Waals surface area contributed by atoms with Gasteiger partial charge in [-0.25, -0.2) is 0 Å². The number of nitrogens with zero attached hydrogens (tertiary/aromatic N) is 3. The summed E-state index contributed by atoms with van der Waals surface area (Å²) in [4.78, 5) is 14.8. The van der Waals surface area contributed by atoms with E-state index >= 15 is 0 Å². The molecule has 0 aliphatic carbocycles. The van der Waals surface area contributed by atoms with Crippen molar-refractivity contribution in [2.45, 2.75) is 52.1 Å². The Bertz CT molecular complexity index is 710. The predicted octanol–water partition coefficient (Wildman–Crippen LogP) is 3.21. The second-order valence-corrected chi connectivity index (χ2v) is 6.66. The first-order valence-corrected chi connectivity index (χ1v) is 9.16. The van der Waals surface area contributed by atoms with Crippen LogP contribution in [0.2, 0.25) is 0 Å². The van der Waals surface area contributed by atoms with E-state index in [-0.39, 0.29) is 11.9 Å². The Morgan fingerprint density at radius 2 is 2.20 bits per heavy atom. The number of aryl methyl sites for hydroxylation is 2. The fraction of sp³-hybridized carbons (Fsp3) is 0.500. The fourth-order valence-electron chi connectivity index (χ4n) is 3.53. The minimum absolute atomic E-state index is 0.234. The van der Waals surface area contributed by atoms with E-state index < -0.39 is 0 Å². The number of aromatic nitrogens is 2. The van der Waals surface area contributed by atoms with Crippen LogP contribution in [0.3, 0.4) is 0 Å². The Kier molecular flexibility index (Phi) is 5.74. The highest BCUT2D eigenvalue weighted by Gasteiger charge is 2.28. The van der Waals surface area contributed by atoms with Crippen LogP contribution in [0.1, 0.15) is 37.3 Å². The lowest BCUT2D eigenvalue weighted by molar-refractivity contribution is -0.132. The van der Waals surface area contributed by atoms with E-state index in [1.165, 1.54) is 0 Å². The van der Waals surface area contributed by atoms with Gasteiger partial charge in [0.15, 0.2) is 0 Å². The number of amides is 1. The Hall–Kier alpha value is -2.30. The highest BCUT2D eigenvalue weighted by molar-refractivity contribution is 5.77. The lowest BCUT2D eigenvalue weighted by Gasteiger charge is -2.25. The number of rotatable bonds is 7. The van der Waals surface area contributed by atoms with Crippen molar-refractivity contribution in [3.8, 4) is 5.75 Å². The molecule has 0 spiro atoms. The summed E-state index contributed by atoms with van der Waals surface area (Å²) in [5, 5.41) is 4.36. The van der Waals surface area contributed by atoms with Crippen LogP contribution in [0.15, 0.2) is 36.7 Å². The summed E-state index contributed by atoms with van der Waals surface area (Å²) in [6, 6.07) is 8.25. The summed E-state index contributed by atoms with van der Waals surface area (Å²) in [7, 11) is 0. The Balaban J connectivity index is 1.58. The molecule has 1 aromatic heterocycles. The number of hydrogen-bond acceptors (Lipinski definition) is 3. The van der Waals surface area contributed by atoms with Crippen LogP contribution < -0.4 is 4.74 Å². The molecule has 1 amide bonds. The van der Waals surface area contributed by atoms with Crippen LogP contribution in [0.5, 0.6) is 5.75 Å². The first-order valence-electron chi connectivity index (χ1n) is 9.16. The zero-order valence-electron chi connectivity index (χ0n) is 15.1. The third-order valence-corrected chi connectivity index (χ3v) is 4.74. The molecule has 1 aliphatic rings. The SMILES string of the molecule is CCOc1ccccc1CCC(=O)N1CCCC1Cn1cc(C)cn1. The minimum Gasteiger partial charge on any atom is -0.494 e. The molecule has 0 bridgehead atoms.